The monoisotopic (exact) mass is 928 g/mol. The highest BCUT2D eigenvalue weighted by atomic mass is 15.1. The lowest BCUT2D eigenvalue weighted by molar-refractivity contribution is 0.768. The van der Waals surface area contributed by atoms with Crippen molar-refractivity contribution in [2.75, 3.05) is 4.90 Å². The molecule has 0 aliphatic heterocycles. The van der Waals surface area contributed by atoms with E-state index in [-0.39, 0.29) is 0 Å². The Morgan fingerprint density at radius 1 is 0.274 bits per heavy atom. The summed E-state index contributed by atoms with van der Waals surface area (Å²) in [6.45, 7) is 0. The first-order chi connectivity index (χ1) is 36.2. The number of rotatable bonds is 9. The number of aromatic nitrogens is 1. The summed E-state index contributed by atoms with van der Waals surface area (Å²) in [6.07, 6.45) is 0. The van der Waals surface area contributed by atoms with Crippen LogP contribution in [0.15, 0.2) is 291 Å². The van der Waals surface area contributed by atoms with E-state index in [2.05, 4.69) is 301 Å². The minimum absolute atomic E-state index is 0.530. The first-order valence-corrected chi connectivity index (χ1v) is 25.2. The average molecular weight is 929 g/mol. The molecule has 0 fully saturated rings. The molecule has 0 N–H and O–H groups in total. The van der Waals surface area contributed by atoms with Crippen molar-refractivity contribution in [1.82, 2.24) is 4.57 Å². The largest absolute Gasteiger partial charge is 0.310 e. The fourth-order valence-corrected chi connectivity index (χ4v) is 12.0. The normalized spacial score (nSPS) is 12.5. The molecular weight excluding hydrogens is 881 g/mol. The number of hydrogen-bond donors (Lipinski definition) is 0. The molecule has 0 bridgehead atoms. The third-order valence-corrected chi connectivity index (χ3v) is 15.3. The van der Waals surface area contributed by atoms with E-state index >= 15 is 0 Å². The zero-order valence-electron chi connectivity index (χ0n) is 40.1. The molecule has 12 aromatic carbocycles. The summed E-state index contributed by atoms with van der Waals surface area (Å²) in [5.41, 5.74) is 21.1. The van der Waals surface area contributed by atoms with E-state index in [0.717, 1.165) is 22.6 Å². The van der Waals surface area contributed by atoms with Crippen LogP contribution < -0.4 is 4.90 Å². The fourth-order valence-electron chi connectivity index (χ4n) is 12.0. The second kappa shape index (κ2) is 17.4. The van der Waals surface area contributed by atoms with Crippen molar-refractivity contribution < 1.29 is 0 Å². The van der Waals surface area contributed by atoms with Gasteiger partial charge in [0.1, 0.15) is 0 Å². The van der Waals surface area contributed by atoms with Crippen LogP contribution >= 0.6 is 0 Å². The second-order valence-corrected chi connectivity index (χ2v) is 19.2. The van der Waals surface area contributed by atoms with Crippen LogP contribution in [0.3, 0.4) is 0 Å². The third kappa shape index (κ3) is 6.87. The van der Waals surface area contributed by atoms with E-state index in [0.29, 0.717) is 0 Å². The van der Waals surface area contributed by atoms with Crippen LogP contribution in [0.4, 0.5) is 17.1 Å². The molecule has 342 valence electrons. The standard InChI is InChI=1S/C71H48N2/c1-5-19-52(20-6-1)59-44-46-69(63-29-14-13-27-60(59)63)72(58-42-43-62-61-28-15-17-31-66(61)71(67(62)48-58,54-21-7-2-8-22-54)55-23-9-3-10-24-55)57-40-37-50(38-41-57)49-33-35-51(36-34-49)53-39-45-70-65(47-53)64-30-16-18-32-68(64)73(70)56-25-11-4-12-26-56/h1-48H. The minimum atomic E-state index is -0.530. The smallest absolute Gasteiger partial charge is 0.0714 e. The molecular formula is C71H48N2. The number of hydrogen-bond acceptors (Lipinski definition) is 1. The molecule has 0 saturated heterocycles. The van der Waals surface area contributed by atoms with Crippen LogP contribution in [0.1, 0.15) is 22.3 Å². The Morgan fingerprint density at radius 3 is 1.47 bits per heavy atom. The quantitative estimate of drug-likeness (QED) is 0.140. The number of fused-ring (bicyclic) bond motifs is 7. The first kappa shape index (κ1) is 42.4. The summed E-state index contributed by atoms with van der Waals surface area (Å²) >= 11 is 0. The Kier molecular flexibility index (Phi) is 10.1. The average Bonchev–Trinajstić information content (AvgIpc) is 3.97. The van der Waals surface area contributed by atoms with Gasteiger partial charge in [0, 0.05) is 33.2 Å². The molecule has 2 heteroatoms. The van der Waals surface area contributed by atoms with Crippen molar-refractivity contribution in [1.29, 1.82) is 0 Å². The maximum Gasteiger partial charge on any atom is 0.0714 e. The molecule has 1 aliphatic carbocycles. The summed E-state index contributed by atoms with van der Waals surface area (Å²) in [5, 5.41) is 4.91. The van der Waals surface area contributed by atoms with Crippen LogP contribution in [0.25, 0.3) is 82.8 Å². The van der Waals surface area contributed by atoms with E-state index in [9.17, 15) is 0 Å². The Balaban J connectivity index is 0.892. The maximum absolute atomic E-state index is 2.47. The number of para-hydroxylation sites is 2. The van der Waals surface area contributed by atoms with Gasteiger partial charge in [0.25, 0.3) is 0 Å². The topological polar surface area (TPSA) is 8.17 Å². The van der Waals surface area contributed by atoms with Gasteiger partial charge in [-0.2, -0.15) is 0 Å². The number of anilines is 3. The van der Waals surface area contributed by atoms with Crippen molar-refractivity contribution in [3.63, 3.8) is 0 Å². The van der Waals surface area contributed by atoms with Crippen molar-refractivity contribution in [3.05, 3.63) is 313 Å². The van der Waals surface area contributed by atoms with Gasteiger partial charge in [-0.25, -0.2) is 0 Å². The fraction of sp³-hybridized carbons (Fsp3) is 0.0141. The highest BCUT2D eigenvalue weighted by molar-refractivity contribution is 6.11. The van der Waals surface area contributed by atoms with Crippen molar-refractivity contribution >= 4 is 49.6 Å². The molecule has 1 heterocycles. The second-order valence-electron chi connectivity index (χ2n) is 19.2. The summed E-state index contributed by atoms with van der Waals surface area (Å²) in [5.74, 6) is 0. The summed E-state index contributed by atoms with van der Waals surface area (Å²) in [4.78, 5) is 2.47. The van der Waals surface area contributed by atoms with Crippen LogP contribution in [0.5, 0.6) is 0 Å². The van der Waals surface area contributed by atoms with Crippen LogP contribution in [0, 0.1) is 0 Å². The molecule has 2 nitrogen and oxygen atoms in total. The molecule has 0 saturated carbocycles. The SMILES string of the molecule is c1ccc(-c2ccc(N(c3ccc(-c4ccc(-c5ccc6c(c5)c5ccccc5n6-c5ccccc5)cc4)cc3)c3ccc4c(c3)C(c3ccccc3)(c3ccccc3)c3ccccc3-4)c3ccccc23)cc1. The van der Waals surface area contributed by atoms with Crippen LogP contribution in [0.2, 0.25) is 0 Å². The molecule has 1 aliphatic rings. The predicted molar refractivity (Wildman–Crippen MR) is 307 cm³/mol. The Hall–Kier alpha value is -9.50. The maximum atomic E-state index is 2.47. The zero-order valence-corrected chi connectivity index (χ0v) is 40.1. The lowest BCUT2D eigenvalue weighted by Crippen LogP contribution is -2.28. The summed E-state index contributed by atoms with van der Waals surface area (Å²) in [7, 11) is 0. The van der Waals surface area contributed by atoms with Gasteiger partial charge in [-0.1, -0.05) is 231 Å². The van der Waals surface area contributed by atoms with Gasteiger partial charge in [0.05, 0.1) is 22.1 Å². The van der Waals surface area contributed by atoms with E-state index < -0.39 is 5.41 Å². The van der Waals surface area contributed by atoms with Gasteiger partial charge >= 0.3 is 0 Å². The summed E-state index contributed by atoms with van der Waals surface area (Å²) in [6, 6.07) is 107. The summed E-state index contributed by atoms with van der Waals surface area (Å²) < 4.78 is 2.37. The van der Waals surface area contributed by atoms with Gasteiger partial charge in [0.2, 0.25) is 0 Å². The van der Waals surface area contributed by atoms with Gasteiger partial charge in [-0.15, -0.1) is 0 Å². The van der Waals surface area contributed by atoms with Crippen molar-refractivity contribution in [2.24, 2.45) is 0 Å². The lowest BCUT2D eigenvalue weighted by Gasteiger charge is -2.35. The molecule has 73 heavy (non-hydrogen) atoms. The van der Waals surface area contributed by atoms with Crippen molar-refractivity contribution in [3.8, 4) is 50.2 Å². The Morgan fingerprint density at radius 2 is 0.767 bits per heavy atom. The zero-order chi connectivity index (χ0) is 48.3. The third-order valence-electron chi connectivity index (χ3n) is 15.3. The molecule has 1 aromatic heterocycles. The van der Waals surface area contributed by atoms with E-state index in [1.54, 1.807) is 0 Å². The van der Waals surface area contributed by atoms with Gasteiger partial charge in [-0.3, -0.25) is 0 Å². The Bertz CT molecular complexity index is 4120. The number of benzene rings is 12. The van der Waals surface area contributed by atoms with Crippen molar-refractivity contribution in [2.45, 2.75) is 5.41 Å². The van der Waals surface area contributed by atoms with Gasteiger partial charge in [0.15, 0.2) is 0 Å². The highest BCUT2D eigenvalue weighted by Gasteiger charge is 2.46. The molecule has 0 unspecified atom stereocenters. The first-order valence-electron chi connectivity index (χ1n) is 25.2. The highest BCUT2D eigenvalue weighted by Crippen LogP contribution is 2.57. The van der Waals surface area contributed by atoms with Crippen LogP contribution in [-0.4, -0.2) is 4.57 Å². The number of nitrogens with zero attached hydrogens (tertiary/aromatic N) is 2. The minimum Gasteiger partial charge on any atom is -0.310 e. The van der Waals surface area contributed by atoms with Crippen LogP contribution in [-0.2, 0) is 5.41 Å². The van der Waals surface area contributed by atoms with E-state index in [1.165, 1.54) is 99.5 Å². The molecule has 0 radical (unpaired) electrons. The van der Waals surface area contributed by atoms with Gasteiger partial charge < -0.3 is 9.47 Å². The molecule has 14 rings (SSSR count). The molecule has 0 amide bonds. The molecule has 0 atom stereocenters. The predicted octanol–water partition coefficient (Wildman–Crippen LogP) is 18.8. The van der Waals surface area contributed by atoms with Gasteiger partial charge in [-0.05, 0) is 133 Å². The Labute approximate surface area is 426 Å². The molecule has 0 spiro atoms. The molecule has 13 aromatic rings. The van der Waals surface area contributed by atoms with E-state index in [1.807, 2.05) is 0 Å². The van der Waals surface area contributed by atoms with E-state index in [4.69, 9.17) is 0 Å². The lowest BCUT2D eigenvalue weighted by atomic mass is 9.67.